The van der Waals surface area contributed by atoms with Crippen LogP contribution in [0.15, 0.2) is 24.3 Å². The van der Waals surface area contributed by atoms with Crippen LogP contribution >= 0.6 is 12.4 Å². The Morgan fingerprint density at radius 1 is 1.35 bits per heavy atom. The fraction of sp³-hybridized carbons (Fsp3) is 0.625. The molecule has 0 aliphatic carbocycles. The highest BCUT2D eigenvalue weighted by molar-refractivity contribution is 5.85. The Labute approximate surface area is 129 Å². The van der Waals surface area contributed by atoms with Gasteiger partial charge in [-0.05, 0) is 38.4 Å². The quantitative estimate of drug-likeness (QED) is 0.874. The van der Waals surface area contributed by atoms with E-state index in [1.165, 1.54) is 12.0 Å². The van der Waals surface area contributed by atoms with Crippen molar-refractivity contribution in [1.82, 2.24) is 10.2 Å². The normalized spacial score (nSPS) is 21.8. The molecular formula is C16H27ClN2O. The van der Waals surface area contributed by atoms with Gasteiger partial charge >= 0.3 is 0 Å². The van der Waals surface area contributed by atoms with E-state index in [0.717, 1.165) is 38.5 Å². The van der Waals surface area contributed by atoms with Crippen molar-refractivity contribution >= 4 is 12.4 Å². The number of hydrogen-bond donors (Lipinski definition) is 1. The Morgan fingerprint density at radius 3 is 2.75 bits per heavy atom. The van der Waals surface area contributed by atoms with E-state index in [1.807, 2.05) is 13.0 Å². The monoisotopic (exact) mass is 298 g/mol. The minimum absolute atomic E-state index is 0. The van der Waals surface area contributed by atoms with Crippen molar-refractivity contribution in [2.45, 2.75) is 26.8 Å². The lowest BCUT2D eigenvalue weighted by Crippen LogP contribution is -2.34. The molecule has 1 aliphatic heterocycles. The van der Waals surface area contributed by atoms with Crippen molar-refractivity contribution in [2.24, 2.45) is 5.41 Å². The average molecular weight is 299 g/mol. The van der Waals surface area contributed by atoms with Gasteiger partial charge in [0.15, 0.2) is 0 Å². The van der Waals surface area contributed by atoms with Gasteiger partial charge in [0.1, 0.15) is 5.75 Å². The maximum absolute atomic E-state index is 5.69. The Kier molecular flexibility index (Phi) is 6.80. The van der Waals surface area contributed by atoms with Crippen molar-refractivity contribution in [3.8, 4) is 5.75 Å². The highest BCUT2D eigenvalue weighted by Crippen LogP contribution is 2.27. The Balaban J connectivity index is 0.00000200. The lowest BCUT2D eigenvalue weighted by molar-refractivity contribution is 0.201. The molecular weight excluding hydrogens is 272 g/mol. The first kappa shape index (κ1) is 17.3. The number of nitrogens with zero attached hydrogens (tertiary/aromatic N) is 1. The molecule has 20 heavy (non-hydrogen) atoms. The molecule has 0 aromatic heterocycles. The molecule has 1 N–H and O–H groups in total. The third-order valence-electron chi connectivity index (χ3n) is 3.82. The lowest BCUT2D eigenvalue weighted by Gasteiger charge is -2.29. The van der Waals surface area contributed by atoms with Gasteiger partial charge in [-0.2, -0.15) is 0 Å². The number of halogens is 1. The Hall–Kier alpha value is -0.770. The molecule has 1 aromatic carbocycles. The van der Waals surface area contributed by atoms with Gasteiger partial charge < -0.3 is 15.0 Å². The second-order valence-corrected chi connectivity index (χ2v) is 5.95. The van der Waals surface area contributed by atoms with Crippen LogP contribution < -0.4 is 10.1 Å². The fourth-order valence-corrected chi connectivity index (χ4v) is 2.93. The van der Waals surface area contributed by atoms with Gasteiger partial charge in [0, 0.05) is 25.2 Å². The lowest BCUT2D eigenvalue weighted by atomic mass is 9.89. The van der Waals surface area contributed by atoms with Crippen molar-refractivity contribution in [1.29, 1.82) is 0 Å². The van der Waals surface area contributed by atoms with Gasteiger partial charge in [-0.3, -0.25) is 0 Å². The maximum Gasteiger partial charge on any atom is 0.123 e. The molecule has 1 fully saturated rings. The summed E-state index contributed by atoms with van der Waals surface area (Å²) in [5, 5.41) is 3.46. The molecule has 0 bridgehead atoms. The Bertz CT molecular complexity index is 405. The van der Waals surface area contributed by atoms with Crippen LogP contribution in [-0.4, -0.2) is 38.2 Å². The summed E-state index contributed by atoms with van der Waals surface area (Å²) in [6, 6.07) is 8.35. The smallest absolute Gasteiger partial charge is 0.123 e. The third kappa shape index (κ3) is 4.65. The number of para-hydroxylation sites is 1. The number of hydrogen-bond acceptors (Lipinski definition) is 3. The van der Waals surface area contributed by atoms with E-state index in [0.29, 0.717) is 5.41 Å². The largest absolute Gasteiger partial charge is 0.494 e. The zero-order valence-electron chi connectivity index (χ0n) is 12.8. The van der Waals surface area contributed by atoms with Gasteiger partial charge in [-0.1, -0.05) is 25.1 Å². The molecule has 4 heteroatoms. The van der Waals surface area contributed by atoms with Gasteiger partial charge in [-0.25, -0.2) is 0 Å². The average Bonchev–Trinajstić information content (AvgIpc) is 2.78. The van der Waals surface area contributed by atoms with E-state index in [-0.39, 0.29) is 12.4 Å². The molecule has 1 heterocycles. The van der Waals surface area contributed by atoms with Gasteiger partial charge in [0.05, 0.1) is 6.61 Å². The molecule has 1 unspecified atom stereocenters. The molecule has 3 nitrogen and oxygen atoms in total. The van der Waals surface area contributed by atoms with Crippen LogP contribution in [0.5, 0.6) is 5.75 Å². The first-order chi connectivity index (χ1) is 9.13. The molecule has 0 radical (unpaired) electrons. The number of nitrogens with one attached hydrogen (secondary N) is 1. The van der Waals surface area contributed by atoms with Crippen LogP contribution in [0.4, 0.5) is 0 Å². The van der Waals surface area contributed by atoms with E-state index in [9.17, 15) is 0 Å². The molecule has 0 saturated carbocycles. The fourth-order valence-electron chi connectivity index (χ4n) is 2.93. The van der Waals surface area contributed by atoms with Crippen molar-refractivity contribution < 1.29 is 4.74 Å². The van der Waals surface area contributed by atoms with Crippen LogP contribution in [0, 0.1) is 5.41 Å². The van der Waals surface area contributed by atoms with E-state index < -0.39 is 0 Å². The molecule has 0 spiro atoms. The van der Waals surface area contributed by atoms with Crippen LogP contribution in [0.1, 0.15) is 25.8 Å². The maximum atomic E-state index is 5.69. The van der Waals surface area contributed by atoms with Crippen LogP contribution in [0.3, 0.4) is 0 Å². The highest BCUT2D eigenvalue weighted by Gasteiger charge is 2.29. The zero-order valence-corrected chi connectivity index (χ0v) is 13.6. The second kappa shape index (κ2) is 7.87. The summed E-state index contributed by atoms with van der Waals surface area (Å²) in [7, 11) is 2.20. The van der Waals surface area contributed by atoms with Crippen LogP contribution in [0.2, 0.25) is 0 Å². The predicted molar refractivity (Wildman–Crippen MR) is 86.8 cm³/mol. The molecule has 1 saturated heterocycles. The standard InChI is InChI=1S/C16H26N2O.ClH/c1-4-19-15-8-6-5-7-14(15)11-18(3)13-16(2)9-10-17-12-16;/h5-8,17H,4,9-13H2,1-3H3;1H. The summed E-state index contributed by atoms with van der Waals surface area (Å²) >= 11 is 0. The topological polar surface area (TPSA) is 24.5 Å². The van der Waals surface area contributed by atoms with E-state index in [1.54, 1.807) is 0 Å². The number of ether oxygens (including phenoxy) is 1. The predicted octanol–water partition coefficient (Wildman–Crippen LogP) is 2.94. The van der Waals surface area contributed by atoms with Gasteiger partial charge in [0.2, 0.25) is 0 Å². The molecule has 1 atom stereocenters. The first-order valence-electron chi connectivity index (χ1n) is 7.23. The Morgan fingerprint density at radius 2 is 2.10 bits per heavy atom. The van der Waals surface area contributed by atoms with Gasteiger partial charge in [-0.15, -0.1) is 12.4 Å². The summed E-state index contributed by atoms with van der Waals surface area (Å²) in [4.78, 5) is 2.41. The summed E-state index contributed by atoms with van der Waals surface area (Å²) in [5.41, 5.74) is 1.69. The molecule has 1 aliphatic rings. The number of benzene rings is 1. The highest BCUT2D eigenvalue weighted by atomic mass is 35.5. The summed E-state index contributed by atoms with van der Waals surface area (Å²) in [6.45, 7) is 9.49. The molecule has 114 valence electrons. The minimum Gasteiger partial charge on any atom is -0.494 e. The van der Waals surface area contributed by atoms with Crippen LogP contribution in [0.25, 0.3) is 0 Å². The van der Waals surface area contributed by atoms with Gasteiger partial charge in [0.25, 0.3) is 0 Å². The van der Waals surface area contributed by atoms with Crippen molar-refractivity contribution in [3.63, 3.8) is 0 Å². The molecule has 1 aromatic rings. The summed E-state index contributed by atoms with van der Waals surface area (Å²) in [6.07, 6.45) is 1.27. The van der Waals surface area contributed by atoms with Crippen molar-refractivity contribution in [3.05, 3.63) is 29.8 Å². The summed E-state index contributed by atoms with van der Waals surface area (Å²) in [5.74, 6) is 1.02. The van der Waals surface area contributed by atoms with E-state index >= 15 is 0 Å². The van der Waals surface area contributed by atoms with Crippen LogP contribution in [-0.2, 0) is 6.54 Å². The third-order valence-corrected chi connectivity index (χ3v) is 3.82. The molecule has 0 amide bonds. The minimum atomic E-state index is 0. The van der Waals surface area contributed by atoms with E-state index in [2.05, 4.69) is 42.4 Å². The first-order valence-corrected chi connectivity index (χ1v) is 7.23. The van der Waals surface area contributed by atoms with E-state index in [4.69, 9.17) is 4.74 Å². The SMILES string of the molecule is CCOc1ccccc1CN(C)CC1(C)CCNC1.Cl. The zero-order chi connectivity index (χ0) is 13.7. The number of rotatable bonds is 6. The molecule has 2 rings (SSSR count). The van der Waals surface area contributed by atoms with Crippen molar-refractivity contribution in [2.75, 3.05) is 33.3 Å². The summed E-state index contributed by atoms with van der Waals surface area (Å²) < 4.78 is 5.69. The second-order valence-electron chi connectivity index (χ2n) is 5.95.